The fourth-order valence-corrected chi connectivity index (χ4v) is 2.45. The summed E-state index contributed by atoms with van der Waals surface area (Å²) in [6, 6.07) is 7.84. The Bertz CT molecular complexity index is 615. The van der Waals surface area contributed by atoms with Gasteiger partial charge in [0, 0.05) is 19.4 Å². The van der Waals surface area contributed by atoms with Gasteiger partial charge < -0.3 is 9.30 Å². The highest BCUT2D eigenvalue weighted by Crippen LogP contribution is 2.23. The summed E-state index contributed by atoms with van der Waals surface area (Å²) in [5, 5.41) is 9.01. The third-order valence-corrected chi connectivity index (χ3v) is 3.25. The van der Waals surface area contributed by atoms with Crippen molar-refractivity contribution < 1.29 is 4.74 Å². The Labute approximate surface area is 117 Å². The van der Waals surface area contributed by atoms with Crippen molar-refractivity contribution >= 4 is 22.6 Å². The molecule has 0 radical (unpaired) electrons. The molecular formula is C14H16ClN3O. The minimum Gasteiger partial charge on any atom is -0.383 e. The van der Waals surface area contributed by atoms with Crippen molar-refractivity contribution in [3.63, 3.8) is 0 Å². The van der Waals surface area contributed by atoms with Crippen LogP contribution in [-0.2, 0) is 11.2 Å². The molecule has 0 bridgehead atoms. The minimum atomic E-state index is 0.155. The summed E-state index contributed by atoms with van der Waals surface area (Å²) in [5.41, 5.74) is 2.49. The van der Waals surface area contributed by atoms with Crippen molar-refractivity contribution in [3.05, 3.63) is 29.6 Å². The lowest BCUT2D eigenvalue weighted by Gasteiger charge is -2.16. The molecule has 0 aliphatic carbocycles. The number of aromatic nitrogens is 2. The Morgan fingerprint density at radius 2 is 2.32 bits per heavy atom. The zero-order valence-corrected chi connectivity index (χ0v) is 11.8. The van der Waals surface area contributed by atoms with E-state index in [0.29, 0.717) is 24.5 Å². The van der Waals surface area contributed by atoms with Gasteiger partial charge in [-0.15, -0.1) is 11.6 Å². The molecule has 0 aliphatic rings. The average Bonchev–Trinajstić information content (AvgIpc) is 2.76. The van der Waals surface area contributed by atoms with Gasteiger partial charge in [0.15, 0.2) is 0 Å². The van der Waals surface area contributed by atoms with Crippen molar-refractivity contribution in [1.29, 1.82) is 5.26 Å². The van der Waals surface area contributed by atoms with E-state index in [1.165, 1.54) is 0 Å². The van der Waals surface area contributed by atoms with E-state index >= 15 is 0 Å². The lowest BCUT2D eigenvalue weighted by molar-refractivity contribution is 0.162. The first kappa shape index (κ1) is 13.9. The van der Waals surface area contributed by atoms with Gasteiger partial charge in [0.1, 0.15) is 5.82 Å². The summed E-state index contributed by atoms with van der Waals surface area (Å²) in [6.07, 6.45) is 0.701. The standard InChI is InChI=1S/C14H16ClN3O/c1-10(9-19-2)18-13-7-11(8-16)3-4-12(13)17-14(18)5-6-15/h3-4,7,10H,5-6,9H2,1-2H3. The summed E-state index contributed by atoms with van der Waals surface area (Å²) in [5.74, 6) is 1.46. The second-order valence-corrected chi connectivity index (χ2v) is 4.83. The first-order chi connectivity index (χ1) is 9.21. The van der Waals surface area contributed by atoms with Crippen molar-refractivity contribution in [1.82, 2.24) is 9.55 Å². The van der Waals surface area contributed by atoms with Gasteiger partial charge in [0.05, 0.1) is 35.3 Å². The Balaban J connectivity index is 2.60. The number of fused-ring (bicyclic) bond motifs is 1. The number of hydrogen-bond acceptors (Lipinski definition) is 3. The molecule has 0 N–H and O–H groups in total. The molecule has 0 aliphatic heterocycles. The number of nitrogens with zero attached hydrogens (tertiary/aromatic N) is 3. The van der Waals surface area contributed by atoms with Gasteiger partial charge in [0.2, 0.25) is 0 Å². The Kier molecular flexibility index (Phi) is 4.41. The summed E-state index contributed by atoms with van der Waals surface area (Å²) >= 11 is 5.84. The minimum absolute atomic E-state index is 0.155. The largest absolute Gasteiger partial charge is 0.383 e. The molecule has 0 spiro atoms. The van der Waals surface area contributed by atoms with Crippen LogP contribution >= 0.6 is 11.6 Å². The van der Waals surface area contributed by atoms with Crippen molar-refractivity contribution in [2.24, 2.45) is 0 Å². The molecule has 5 heteroatoms. The van der Waals surface area contributed by atoms with E-state index in [2.05, 4.69) is 22.5 Å². The van der Waals surface area contributed by atoms with E-state index in [9.17, 15) is 0 Å². The quantitative estimate of drug-likeness (QED) is 0.790. The molecule has 0 saturated carbocycles. The Hall–Kier alpha value is -1.57. The van der Waals surface area contributed by atoms with E-state index in [1.54, 1.807) is 13.2 Å². The highest BCUT2D eigenvalue weighted by molar-refractivity contribution is 6.17. The van der Waals surface area contributed by atoms with Gasteiger partial charge in [-0.1, -0.05) is 0 Å². The number of halogens is 1. The summed E-state index contributed by atoms with van der Waals surface area (Å²) in [4.78, 5) is 4.59. The van der Waals surface area contributed by atoms with Crippen LogP contribution in [0.3, 0.4) is 0 Å². The molecule has 2 rings (SSSR count). The molecule has 1 heterocycles. The molecule has 1 aromatic heterocycles. The molecule has 0 saturated heterocycles. The van der Waals surface area contributed by atoms with Gasteiger partial charge in [-0.05, 0) is 25.1 Å². The van der Waals surface area contributed by atoms with Crippen LogP contribution in [-0.4, -0.2) is 29.1 Å². The van der Waals surface area contributed by atoms with Crippen molar-refractivity contribution in [2.45, 2.75) is 19.4 Å². The second kappa shape index (κ2) is 6.05. The average molecular weight is 278 g/mol. The monoisotopic (exact) mass is 277 g/mol. The maximum atomic E-state index is 9.01. The zero-order valence-electron chi connectivity index (χ0n) is 11.1. The summed E-state index contributed by atoms with van der Waals surface area (Å²) in [6.45, 7) is 2.67. The molecular weight excluding hydrogens is 262 g/mol. The van der Waals surface area contributed by atoms with Crippen LogP contribution in [0.25, 0.3) is 11.0 Å². The number of hydrogen-bond donors (Lipinski definition) is 0. The van der Waals surface area contributed by atoms with Crippen LogP contribution in [0.15, 0.2) is 18.2 Å². The first-order valence-electron chi connectivity index (χ1n) is 6.17. The van der Waals surface area contributed by atoms with Crippen LogP contribution < -0.4 is 0 Å². The van der Waals surface area contributed by atoms with Crippen LogP contribution in [0.1, 0.15) is 24.4 Å². The molecule has 2 aromatic rings. The molecule has 1 unspecified atom stereocenters. The fraction of sp³-hybridized carbons (Fsp3) is 0.429. The van der Waals surface area contributed by atoms with E-state index in [4.69, 9.17) is 21.6 Å². The fourth-order valence-electron chi connectivity index (χ4n) is 2.28. The number of imidazole rings is 1. The van der Waals surface area contributed by atoms with Crippen LogP contribution in [0.5, 0.6) is 0 Å². The van der Waals surface area contributed by atoms with Gasteiger partial charge in [-0.2, -0.15) is 5.26 Å². The molecule has 0 fully saturated rings. The lowest BCUT2D eigenvalue weighted by atomic mass is 10.2. The van der Waals surface area contributed by atoms with Gasteiger partial charge >= 0.3 is 0 Å². The third-order valence-electron chi connectivity index (χ3n) is 3.06. The number of methoxy groups -OCH3 is 1. The molecule has 1 aromatic carbocycles. The maximum absolute atomic E-state index is 9.01. The predicted molar refractivity (Wildman–Crippen MR) is 75.5 cm³/mol. The summed E-state index contributed by atoms with van der Waals surface area (Å²) in [7, 11) is 1.68. The van der Waals surface area contributed by atoms with E-state index in [0.717, 1.165) is 16.9 Å². The molecule has 0 amide bonds. The highest BCUT2D eigenvalue weighted by Gasteiger charge is 2.15. The molecule has 19 heavy (non-hydrogen) atoms. The van der Waals surface area contributed by atoms with E-state index in [-0.39, 0.29) is 6.04 Å². The Morgan fingerprint density at radius 1 is 1.53 bits per heavy atom. The van der Waals surface area contributed by atoms with Crippen molar-refractivity contribution in [2.75, 3.05) is 19.6 Å². The number of rotatable bonds is 5. The van der Waals surface area contributed by atoms with Crippen LogP contribution in [0.4, 0.5) is 0 Å². The number of alkyl halides is 1. The SMILES string of the molecule is COCC(C)n1c(CCCl)nc2ccc(C#N)cc21. The zero-order chi connectivity index (χ0) is 13.8. The third kappa shape index (κ3) is 2.73. The smallest absolute Gasteiger partial charge is 0.111 e. The van der Waals surface area contributed by atoms with Gasteiger partial charge in [-0.3, -0.25) is 0 Å². The number of aryl methyl sites for hydroxylation is 1. The maximum Gasteiger partial charge on any atom is 0.111 e. The van der Waals surface area contributed by atoms with Crippen molar-refractivity contribution in [3.8, 4) is 6.07 Å². The second-order valence-electron chi connectivity index (χ2n) is 4.46. The lowest BCUT2D eigenvalue weighted by Crippen LogP contribution is -2.14. The van der Waals surface area contributed by atoms with Crippen LogP contribution in [0.2, 0.25) is 0 Å². The molecule has 1 atom stereocenters. The molecule has 100 valence electrons. The van der Waals surface area contributed by atoms with Gasteiger partial charge in [-0.25, -0.2) is 4.98 Å². The normalized spacial score (nSPS) is 12.5. The number of benzene rings is 1. The first-order valence-corrected chi connectivity index (χ1v) is 6.70. The van der Waals surface area contributed by atoms with E-state index < -0.39 is 0 Å². The number of nitriles is 1. The van der Waals surface area contributed by atoms with Crippen LogP contribution in [0, 0.1) is 11.3 Å². The topological polar surface area (TPSA) is 50.8 Å². The van der Waals surface area contributed by atoms with E-state index in [1.807, 2.05) is 12.1 Å². The molecule has 4 nitrogen and oxygen atoms in total. The van der Waals surface area contributed by atoms with Gasteiger partial charge in [0.25, 0.3) is 0 Å². The predicted octanol–water partition coefficient (Wildman–Crippen LogP) is 2.90. The summed E-state index contributed by atoms with van der Waals surface area (Å²) < 4.78 is 7.33. The number of ether oxygens (including phenoxy) is 1. The highest BCUT2D eigenvalue weighted by atomic mass is 35.5. The Morgan fingerprint density at radius 3 is 2.95 bits per heavy atom.